The molecule has 3 rings (SSSR count). The third-order valence-corrected chi connectivity index (χ3v) is 6.23. The van der Waals surface area contributed by atoms with Crippen LogP contribution in [0.15, 0.2) is 0 Å². The van der Waals surface area contributed by atoms with Crippen LogP contribution >= 0.6 is 0 Å². The van der Waals surface area contributed by atoms with E-state index in [4.69, 9.17) is 5.73 Å². The Bertz CT molecular complexity index is 320. The summed E-state index contributed by atoms with van der Waals surface area (Å²) in [4.78, 5) is 5.50. The smallest absolute Gasteiger partial charge is 0.0223 e. The molecule has 0 aromatic rings. The van der Waals surface area contributed by atoms with Gasteiger partial charge in [-0.2, -0.15) is 0 Å². The summed E-state index contributed by atoms with van der Waals surface area (Å²) in [5.41, 5.74) is 6.46. The van der Waals surface area contributed by atoms with E-state index in [1.54, 1.807) is 0 Å². The first-order chi connectivity index (χ1) is 10.3. The predicted molar refractivity (Wildman–Crippen MR) is 89.4 cm³/mol. The highest BCUT2D eigenvalue weighted by Crippen LogP contribution is 2.32. The Balaban J connectivity index is 1.54. The Kier molecular flexibility index (Phi) is 5.58. The quantitative estimate of drug-likeness (QED) is 0.865. The highest BCUT2D eigenvalue weighted by atomic mass is 15.3. The topological polar surface area (TPSA) is 32.5 Å². The van der Waals surface area contributed by atoms with Gasteiger partial charge in [0.15, 0.2) is 0 Å². The van der Waals surface area contributed by atoms with Crippen molar-refractivity contribution < 1.29 is 0 Å². The van der Waals surface area contributed by atoms with E-state index >= 15 is 0 Å². The van der Waals surface area contributed by atoms with Crippen LogP contribution in [0.5, 0.6) is 0 Å². The number of nitrogens with zero attached hydrogens (tertiary/aromatic N) is 2. The normalized spacial score (nSPS) is 39.1. The molecule has 4 atom stereocenters. The van der Waals surface area contributed by atoms with Crippen molar-refractivity contribution in [3.8, 4) is 0 Å². The summed E-state index contributed by atoms with van der Waals surface area (Å²) in [7, 11) is 0. The molecular weight excluding hydrogens is 258 g/mol. The van der Waals surface area contributed by atoms with E-state index in [-0.39, 0.29) is 0 Å². The fourth-order valence-electron chi connectivity index (χ4n) is 5.05. The molecule has 0 aromatic carbocycles. The van der Waals surface area contributed by atoms with Gasteiger partial charge >= 0.3 is 0 Å². The van der Waals surface area contributed by atoms with Crippen molar-refractivity contribution in [2.45, 2.75) is 70.4 Å². The van der Waals surface area contributed by atoms with Gasteiger partial charge in [0.2, 0.25) is 0 Å². The average molecular weight is 293 g/mol. The maximum absolute atomic E-state index is 6.46. The Labute approximate surface area is 131 Å². The molecule has 0 bridgehead atoms. The molecule has 21 heavy (non-hydrogen) atoms. The first-order valence-electron chi connectivity index (χ1n) is 9.48. The zero-order chi connectivity index (χ0) is 14.7. The van der Waals surface area contributed by atoms with Gasteiger partial charge in [0.25, 0.3) is 0 Å². The van der Waals surface area contributed by atoms with Crippen molar-refractivity contribution >= 4 is 0 Å². The molecule has 3 fully saturated rings. The second kappa shape index (κ2) is 7.43. The standard InChI is InChI=1S/C18H35N3/c1-2-5-15-7-8-18(19)16(12-15)13-20-9-4-11-21-10-3-6-17(21)14-20/h15-18H,2-14,19H2,1H3. The highest BCUT2D eigenvalue weighted by Gasteiger charge is 2.32. The highest BCUT2D eigenvalue weighted by molar-refractivity contribution is 4.89. The zero-order valence-corrected chi connectivity index (χ0v) is 14.0. The largest absolute Gasteiger partial charge is 0.327 e. The van der Waals surface area contributed by atoms with Crippen molar-refractivity contribution in [2.24, 2.45) is 17.6 Å². The van der Waals surface area contributed by atoms with Gasteiger partial charge in [-0.05, 0) is 70.0 Å². The van der Waals surface area contributed by atoms with E-state index in [1.807, 2.05) is 0 Å². The van der Waals surface area contributed by atoms with Crippen LogP contribution in [0.1, 0.15) is 58.3 Å². The van der Waals surface area contributed by atoms with Crippen LogP contribution in [0.25, 0.3) is 0 Å². The van der Waals surface area contributed by atoms with Gasteiger partial charge in [-0.15, -0.1) is 0 Å². The van der Waals surface area contributed by atoms with E-state index in [0.717, 1.165) is 17.9 Å². The van der Waals surface area contributed by atoms with Gasteiger partial charge in [-0.3, -0.25) is 4.90 Å². The Hall–Kier alpha value is -0.120. The Morgan fingerprint density at radius 2 is 1.90 bits per heavy atom. The molecule has 1 saturated carbocycles. The van der Waals surface area contributed by atoms with Gasteiger partial charge in [0.05, 0.1) is 0 Å². The summed E-state index contributed by atoms with van der Waals surface area (Å²) < 4.78 is 0. The molecule has 2 N–H and O–H groups in total. The molecule has 3 heteroatoms. The van der Waals surface area contributed by atoms with Crippen molar-refractivity contribution in [3.63, 3.8) is 0 Å². The Morgan fingerprint density at radius 1 is 1.05 bits per heavy atom. The van der Waals surface area contributed by atoms with Crippen LogP contribution in [0.3, 0.4) is 0 Å². The summed E-state index contributed by atoms with van der Waals surface area (Å²) in [5.74, 6) is 1.71. The van der Waals surface area contributed by atoms with Crippen LogP contribution in [-0.2, 0) is 0 Å². The molecule has 2 saturated heterocycles. The van der Waals surface area contributed by atoms with Crippen LogP contribution in [-0.4, -0.2) is 54.6 Å². The van der Waals surface area contributed by atoms with Gasteiger partial charge < -0.3 is 10.6 Å². The number of hydrogen-bond donors (Lipinski definition) is 1. The first-order valence-corrected chi connectivity index (χ1v) is 9.48. The summed E-state index contributed by atoms with van der Waals surface area (Å²) in [6, 6.07) is 1.31. The van der Waals surface area contributed by atoms with Crippen LogP contribution in [0.2, 0.25) is 0 Å². The average Bonchev–Trinajstić information content (AvgIpc) is 2.82. The molecule has 3 nitrogen and oxygen atoms in total. The first kappa shape index (κ1) is 15.8. The van der Waals surface area contributed by atoms with E-state index in [0.29, 0.717) is 6.04 Å². The van der Waals surface area contributed by atoms with Gasteiger partial charge in [0.1, 0.15) is 0 Å². The maximum Gasteiger partial charge on any atom is 0.0223 e. The van der Waals surface area contributed by atoms with Crippen LogP contribution in [0.4, 0.5) is 0 Å². The van der Waals surface area contributed by atoms with Crippen molar-refractivity contribution in [1.29, 1.82) is 0 Å². The lowest BCUT2D eigenvalue weighted by Crippen LogP contribution is -2.45. The monoisotopic (exact) mass is 293 g/mol. The molecule has 1 aliphatic carbocycles. The third-order valence-electron chi connectivity index (χ3n) is 6.23. The van der Waals surface area contributed by atoms with E-state index < -0.39 is 0 Å². The molecule has 0 amide bonds. The second-order valence-electron chi connectivity index (χ2n) is 7.84. The number of nitrogens with two attached hydrogens (primary N) is 1. The third kappa shape index (κ3) is 4.00. The van der Waals surface area contributed by atoms with Gasteiger partial charge in [0, 0.05) is 25.2 Å². The molecule has 0 spiro atoms. The van der Waals surface area contributed by atoms with Crippen LogP contribution in [0, 0.1) is 11.8 Å². The minimum atomic E-state index is 0.459. The molecule has 3 aliphatic rings. The second-order valence-corrected chi connectivity index (χ2v) is 7.84. The summed E-state index contributed by atoms with van der Waals surface area (Å²) in [5, 5.41) is 0. The SMILES string of the molecule is CCCC1CCC(N)C(CN2CCCN3CCCC3C2)C1. The number of rotatable bonds is 4. The molecule has 0 radical (unpaired) electrons. The Morgan fingerprint density at radius 3 is 2.76 bits per heavy atom. The lowest BCUT2D eigenvalue weighted by molar-refractivity contribution is 0.143. The number of hydrogen-bond acceptors (Lipinski definition) is 3. The fourth-order valence-corrected chi connectivity index (χ4v) is 5.05. The van der Waals surface area contributed by atoms with E-state index in [2.05, 4.69) is 16.7 Å². The molecule has 122 valence electrons. The summed E-state index contributed by atoms with van der Waals surface area (Å²) in [6.07, 6.45) is 11.0. The molecule has 2 heterocycles. The van der Waals surface area contributed by atoms with Gasteiger partial charge in [-0.25, -0.2) is 0 Å². The summed E-state index contributed by atoms with van der Waals surface area (Å²) in [6.45, 7) is 8.88. The van der Waals surface area contributed by atoms with Crippen molar-refractivity contribution in [3.05, 3.63) is 0 Å². The summed E-state index contributed by atoms with van der Waals surface area (Å²) >= 11 is 0. The minimum Gasteiger partial charge on any atom is -0.327 e. The molecular formula is C18H35N3. The minimum absolute atomic E-state index is 0.459. The van der Waals surface area contributed by atoms with E-state index in [9.17, 15) is 0 Å². The van der Waals surface area contributed by atoms with Crippen LogP contribution < -0.4 is 5.73 Å². The maximum atomic E-state index is 6.46. The zero-order valence-electron chi connectivity index (χ0n) is 14.0. The fraction of sp³-hybridized carbons (Fsp3) is 1.00. The number of fused-ring (bicyclic) bond motifs is 1. The van der Waals surface area contributed by atoms with E-state index in [1.165, 1.54) is 84.1 Å². The van der Waals surface area contributed by atoms with Crippen molar-refractivity contribution in [2.75, 3.05) is 32.7 Å². The lowest BCUT2D eigenvalue weighted by atomic mass is 9.76. The molecule has 0 aromatic heterocycles. The predicted octanol–water partition coefficient (Wildman–Crippen LogP) is 2.70. The van der Waals surface area contributed by atoms with Crippen molar-refractivity contribution in [1.82, 2.24) is 9.80 Å². The van der Waals surface area contributed by atoms with Gasteiger partial charge in [-0.1, -0.05) is 19.8 Å². The molecule has 2 aliphatic heterocycles. The lowest BCUT2D eigenvalue weighted by Gasteiger charge is -2.37. The molecule has 4 unspecified atom stereocenters.